The third kappa shape index (κ3) is 17.9. The summed E-state index contributed by atoms with van der Waals surface area (Å²) in [7, 11) is 0. The van der Waals surface area contributed by atoms with Crippen LogP contribution in [0.4, 0.5) is 0 Å². The first-order valence-corrected chi connectivity index (χ1v) is 10.1. The van der Waals surface area contributed by atoms with E-state index in [1.807, 2.05) is 0 Å². The van der Waals surface area contributed by atoms with Crippen LogP contribution < -0.4 is 5.73 Å². The van der Waals surface area contributed by atoms with Crippen molar-refractivity contribution in [2.75, 3.05) is 0 Å². The van der Waals surface area contributed by atoms with E-state index in [2.05, 4.69) is 13.8 Å². The van der Waals surface area contributed by atoms with Gasteiger partial charge in [0.1, 0.15) is 0 Å². The lowest BCUT2D eigenvalue weighted by Crippen LogP contribution is -2.17. The molecule has 0 amide bonds. The molecule has 128 valence electrons. The number of hydrogen-bond donors (Lipinski definition) is 1. The second kappa shape index (κ2) is 18.0. The van der Waals surface area contributed by atoms with Gasteiger partial charge in [0.25, 0.3) is 0 Å². The van der Waals surface area contributed by atoms with Crippen molar-refractivity contribution in [3.63, 3.8) is 0 Å². The molecule has 0 aromatic rings. The number of nitrogens with two attached hydrogens (primary N) is 1. The van der Waals surface area contributed by atoms with Crippen LogP contribution >= 0.6 is 0 Å². The summed E-state index contributed by atoms with van der Waals surface area (Å²) in [6.07, 6.45) is 24.0. The van der Waals surface area contributed by atoms with Crippen molar-refractivity contribution in [3.05, 3.63) is 0 Å². The van der Waals surface area contributed by atoms with E-state index in [1.54, 1.807) is 0 Å². The molecule has 1 unspecified atom stereocenters. The van der Waals surface area contributed by atoms with Gasteiger partial charge >= 0.3 is 0 Å². The van der Waals surface area contributed by atoms with Gasteiger partial charge in [0.05, 0.1) is 0 Å². The molecule has 1 heteroatoms. The fourth-order valence-corrected chi connectivity index (χ4v) is 2.98. The molecule has 0 aliphatic rings. The summed E-state index contributed by atoms with van der Waals surface area (Å²) in [5.74, 6) is 0. The maximum Gasteiger partial charge on any atom is 0.00362 e. The van der Waals surface area contributed by atoms with Crippen LogP contribution in [0.2, 0.25) is 0 Å². The standard InChI is InChI=1S/C20H43N/c1-3-5-6-7-8-9-10-11-12-13-14-15-16-17-18-19-20(21)4-2/h20H,3-19,21H2,1-2H3. The Kier molecular flexibility index (Phi) is 18.0. The maximum atomic E-state index is 5.93. The van der Waals surface area contributed by atoms with Gasteiger partial charge in [0.15, 0.2) is 0 Å². The average molecular weight is 298 g/mol. The topological polar surface area (TPSA) is 26.0 Å². The first kappa shape index (κ1) is 21.0. The van der Waals surface area contributed by atoms with Gasteiger partial charge < -0.3 is 5.73 Å². The molecule has 0 aromatic carbocycles. The lowest BCUT2D eigenvalue weighted by Gasteiger charge is -2.07. The van der Waals surface area contributed by atoms with Crippen molar-refractivity contribution in [2.24, 2.45) is 5.73 Å². The summed E-state index contributed by atoms with van der Waals surface area (Å²) in [6, 6.07) is 0.451. The second-order valence-electron chi connectivity index (χ2n) is 6.91. The van der Waals surface area contributed by atoms with Crippen LogP contribution in [-0.4, -0.2) is 6.04 Å². The van der Waals surface area contributed by atoms with Crippen LogP contribution in [0.15, 0.2) is 0 Å². The monoisotopic (exact) mass is 297 g/mol. The Labute approximate surface area is 135 Å². The number of rotatable bonds is 17. The van der Waals surface area contributed by atoms with Gasteiger partial charge in [-0.05, 0) is 12.8 Å². The van der Waals surface area contributed by atoms with E-state index in [1.165, 1.54) is 103 Å². The maximum absolute atomic E-state index is 5.93. The van der Waals surface area contributed by atoms with Crippen molar-refractivity contribution in [1.29, 1.82) is 0 Å². The minimum atomic E-state index is 0.451. The molecule has 0 fully saturated rings. The summed E-state index contributed by atoms with van der Waals surface area (Å²) in [5, 5.41) is 0. The van der Waals surface area contributed by atoms with Gasteiger partial charge in [-0.2, -0.15) is 0 Å². The molecule has 0 heterocycles. The summed E-state index contributed by atoms with van der Waals surface area (Å²) in [6.45, 7) is 4.48. The zero-order chi connectivity index (χ0) is 15.6. The molecule has 0 rings (SSSR count). The summed E-state index contributed by atoms with van der Waals surface area (Å²) >= 11 is 0. The van der Waals surface area contributed by atoms with Crippen molar-refractivity contribution in [1.82, 2.24) is 0 Å². The largest absolute Gasteiger partial charge is 0.328 e. The highest BCUT2D eigenvalue weighted by Crippen LogP contribution is 2.14. The first-order chi connectivity index (χ1) is 10.3. The molecule has 0 radical (unpaired) electrons. The first-order valence-electron chi connectivity index (χ1n) is 10.1. The predicted molar refractivity (Wildman–Crippen MR) is 97.8 cm³/mol. The molecule has 0 bridgehead atoms. The molecule has 0 aliphatic carbocycles. The molecule has 0 aliphatic heterocycles. The second-order valence-corrected chi connectivity index (χ2v) is 6.91. The van der Waals surface area contributed by atoms with Crippen molar-refractivity contribution < 1.29 is 0 Å². The lowest BCUT2D eigenvalue weighted by atomic mass is 10.0. The van der Waals surface area contributed by atoms with Gasteiger partial charge in [-0.1, -0.05) is 110 Å². The van der Waals surface area contributed by atoms with E-state index in [4.69, 9.17) is 5.73 Å². The van der Waals surface area contributed by atoms with Crippen LogP contribution in [0.5, 0.6) is 0 Å². The Morgan fingerprint density at radius 1 is 0.524 bits per heavy atom. The summed E-state index contributed by atoms with van der Waals surface area (Å²) in [4.78, 5) is 0. The molecule has 0 saturated heterocycles. The number of hydrogen-bond acceptors (Lipinski definition) is 1. The third-order valence-electron chi connectivity index (χ3n) is 4.70. The van der Waals surface area contributed by atoms with Crippen LogP contribution in [0, 0.1) is 0 Å². The quantitative estimate of drug-likeness (QED) is 0.288. The minimum absolute atomic E-state index is 0.451. The molecule has 21 heavy (non-hydrogen) atoms. The van der Waals surface area contributed by atoms with Gasteiger partial charge in [0, 0.05) is 6.04 Å². The van der Waals surface area contributed by atoms with E-state index in [0.29, 0.717) is 6.04 Å². The Hall–Kier alpha value is -0.0400. The van der Waals surface area contributed by atoms with Crippen LogP contribution in [0.25, 0.3) is 0 Å². The van der Waals surface area contributed by atoms with Gasteiger partial charge in [-0.25, -0.2) is 0 Å². The van der Waals surface area contributed by atoms with E-state index in [9.17, 15) is 0 Å². The van der Waals surface area contributed by atoms with Crippen molar-refractivity contribution in [2.45, 2.75) is 129 Å². The molecule has 1 nitrogen and oxygen atoms in total. The minimum Gasteiger partial charge on any atom is -0.328 e. The smallest absolute Gasteiger partial charge is 0.00362 e. The van der Waals surface area contributed by atoms with Crippen molar-refractivity contribution >= 4 is 0 Å². The zero-order valence-corrected chi connectivity index (χ0v) is 15.2. The molecule has 1 atom stereocenters. The molecule has 0 saturated carbocycles. The van der Waals surface area contributed by atoms with Gasteiger partial charge in [0.2, 0.25) is 0 Å². The fraction of sp³-hybridized carbons (Fsp3) is 1.00. The molecule has 0 aromatic heterocycles. The van der Waals surface area contributed by atoms with E-state index in [-0.39, 0.29) is 0 Å². The average Bonchev–Trinajstić information content (AvgIpc) is 2.50. The fourth-order valence-electron chi connectivity index (χ4n) is 2.98. The summed E-state index contributed by atoms with van der Waals surface area (Å²) < 4.78 is 0. The van der Waals surface area contributed by atoms with Crippen LogP contribution in [-0.2, 0) is 0 Å². The molecule has 2 N–H and O–H groups in total. The van der Waals surface area contributed by atoms with E-state index < -0.39 is 0 Å². The highest BCUT2D eigenvalue weighted by molar-refractivity contribution is 4.58. The lowest BCUT2D eigenvalue weighted by molar-refractivity contribution is 0.510. The zero-order valence-electron chi connectivity index (χ0n) is 15.2. The van der Waals surface area contributed by atoms with Crippen LogP contribution in [0.3, 0.4) is 0 Å². The molecular formula is C20H43N. The van der Waals surface area contributed by atoms with E-state index in [0.717, 1.165) is 6.42 Å². The van der Waals surface area contributed by atoms with Crippen LogP contribution in [0.1, 0.15) is 123 Å². The molecule has 0 spiro atoms. The number of unbranched alkanes of at least 4 members (excludes halogenated alkanes) is 14. The Morgan fingerprint density at radius 2 is 0.857 bits per heavy atom. The Balaban J connectivity index is 2.96. The Morgan fingerprint density at radius 3 is 1.19 bits per heavy atom. The van der Waals surface area contributed by atoms with Gasteiger partial charge in [-0.15, -0.1) is 0 Å². The normalized spacial score (nSPS) is 12.7. The molecular weight excluding hydrogens is 254 g/mol. The Bertz CT molecular complexity index is 179. The highest BCUT2D eigenvalue weighted by atomic mass is 14.6. The SMILES string of the molecule is CCCCCCCCCCCCCCCCCC(N)CC. The highest BCUT2D eigenvalue weighted by Gasteiger charge is 1.98. The van der Waals surface area contributed by atoms with Gasteiger partial charge in [-0.3, -0.25) is 0 Å². The summed E-state index contributed by atoms with van der Waals surface area (Å²) in [5.41, 5.74) is 5.93. The predicted octanol–water partition coefficient (Wildman–Crippen LogP) is 6.99. The van der Waals surface area contributed by atoms with E-state index >= 15 is 0 Å². The van der Waals surface area contributed by atoms with Crippen molar-refractivity contribution in [3.8, 4) is 0 Å². The third-order valence-corrected chi connectivity index (χ3v) is 4.70.